The Bertz CT molecular complexity index is 1680. The van der Waals surface area contributed by atoms with Crippen LogP contribution in [0.4, 0.5) is 13.2 Å². The lowest BCUT2D eigenvalue weighted by molar-refractivity contribution is -0.188. The molecule has 0 aliphatic carbocycles. The Morgan fingerprint density at radius 2 is 1.26 bits per heavy atom. The van der Waals surface area contributed by atoms with Crippen molar-refractivity contribution < 1.29 is 32.2 Å². The maximum Gasteiger partial charge on any atom is 0.430 e. The Morgan fingerprint density at radius 1 is 0.766 bits per heavy atom. The predicted octanol–water partition coefficient (Wildman–Crippen LogP) is 8.29. The molecule has 0 fully saturated rings. The third-order valence-corrected chi connectivity index (χ3v) is 9.60. The third kappa shape index (κ3) is 8.69. The van der Waals surface area contributed by atoms with Crippen LogP contribution in [0.2, 0.25) is 0 Å². The van der Waals surface area contributed by atoms with Gasteiger partial charge in [-0.25, -0.2) is 4.79 Å². The molecule has 0 saturated carbocycles. The van der Waals surface area contributed by atoms with Gasteiger partial charge in [-0.2, -0.15) is 13.2 Å². The lowest BCUT2D eigenvalue weighted by atomic mass is 9.97. The number of alkyl halides is 3. The minimum absolute atomic E-state index is 0.0290. The average Bonchev–Trinajstić information content (AvgIpc) is 3.08. The number of para-hydroxylation sites is 1. The van der Waals surface area contributed by atoms with Crippen LogP contribution < -0.4 is 25.4 Å². The fourth-order valence-corrected chi connectivity index (χ4v) is 7.45. The van der Waals surface area contributed by atoms with E-state index in [0.29, 0.717) is 16.9 Å². The van der Waals surface area contributed by atoms with Gasteiger partial charge in [0, 0.05) is 11.1 Å². The lowest BCUT2D eigenvalue weighted by Crippen LogP contribution is -2.41. The summed E-state index contributed by atoms with van der Waals surface area (Å²) >= 11 is 0. The zero-order chi connectivity index (χ0) is 33.2. The van der Waals surface area contributed by atoms with Crippen LogP contribution in [0.25, 0.3) is 6.08 Å². The smallest absolute Gasteiger partial charge is 0.430 e. The number of ether oxygens (including phenoxy) is 3. The number of hydrogen-bond acceptors (Lipinski definition) is 4. The van der Waals surface area contributed by atoms with E-state index in [1.165, 1.54) is 28.9 Å². The molecular formula is C39H34F3O4P. The predicted molar refractivity (Wildman–Crippen MR) is 182 cm³/mol. The summed E-state index contributed by atoms with van der Waals surface area (Å²) in [6.07, 6.45) is -5.97. The molecule has 0 bridgehead atoms. The van der Waals surface area contributed by atoms with Crippen LogP contribution >= 0.6 is 7.92 Å². The number of hydrogen-bond donors (Lipinski definition) is 0. The monoisotopic (exact) mass is 654 g/mol. The van der Waals surface area contributed by atoms with Gasteiger partial charge >= 0.3 is 12.1 Å². The topological polar surface area (TPSA) is 44.8 Å². The highest BCUT2D eigenvalue weighted by molar-refractivity contribution is 7.79. The largest absolute Gasteiger partial charge is 0.489 e. The molecule has 0 saturated heterocycles. The van der Waals surface area contributed by atoms with E-state index in [4.69, 9.17) is 14.2 Å². The van der Waals surface area contributed by atoms with Crippen LogP contribution in [0.3, 0.4) is 0 Å². The van der Waals surface area contributed by atoms with E-state index in [1.54, 1.807) is 43.3 Å². The minimum Gasteiger partial charge on any atom is -0.489 e. The van der Waals surface area contributed by atoms with Crippen molar-refractivity contribution in [2.45, 2.75) is 32.7 Å². The first-order chi connectivity index (χ1) is 22.7. The first-order valence-electron chi connectivity index (χ1n) is 15.1. The maximum atomic E-state index is 13.5. The lowest BCUT2D eigenvalue weighted by Gasteiger charge is -2.29. The summed E-state index contributed by atoms with van der Waals surface area (Å²) in [5.74, 6) is -0.403. The van der Waals surface area contributed by atoms with E-state index in [1.807, 2.05) is 6.07 Å². The van der Waals surface area contributed by atoms with Crippen LogP contribution in [-0.4, -0.2) is 24.9 Å². The molecule has 240 valence electrons. The van der Waals surface area contributed by atoms with Crippen molar-refractivity contribution in [3.05, 3.63) is 156 Å². The molecule has 1 unspecified atom stereocenters. The normalized spacial score (nSPS) is 13.7. The van der Waals surface area contributed by atoms with Gasteiger partial charge in [0.25, 0.3) is 0 Å². The van der Waals surface area contributed by atoms with Crippen molar-refractivity contribution in [1.82, 2.24) is 0 Å². The maximum absolute atomic E-state index is 13.5. The summed E-state index contributed by atoms with van der Waals surface area (Å²) in [5.41, 5.74) is 1.09. The van der Waals surface area contributed by atoms with Crippen LogP contribution in [0.15, 0.2) is 139 Å². The number of halogens is 3. The molecule has 0 aromatic heterocycles. The van der Waals surface area contributed by atoms with E-state index < -0.39 is 31.7 Å². The minimum atomic E-state index is -4.77. The summed E-state index contributed by atoms with van der Waals surface area (Å²) in [6.45, 7) is 3.33. The van der Waals surface area contributed by atoms with Gasteiger partial charge in [0.05, 0.1) is 12.2 Å². The van der Waals surface area contributed by atoms with E-state index in [-0.39, 0.29) is 19.0 Å². The Kier molecular flexibility index (Phi) is 11.1. The Balaban J connectivity index is 0.000000198. The highest BCUT2D eigenvalue weighted by Gasteiger charge is 2.49. The fourth-order valence-electron chi connectivity index (χ4n) is 5.14. The molecule has 0 spiro atoms. The number of carbonyl (C=O) groups excluding carboxylic acids is 1. The van der Waals surface area contributed by atoms with E-state index >= 15 is 0 Å². The number of esters is 1. The summed E-state index contributed by atoms with van der Waals surface area (Å²) in [4.78, 5) is 12.1. The highest BCUT2D eigenvalue weighted by Crippen LogP contribution is 2.40. The molecule has 0 radical (unpaired) electrons. The number of fused-ring (bicyclic) bond motifs is 1. The standard InChI is InChI=1S/C21H19F3O4.C18H15P/c1-3-26-20(25)17-11-14-9-13(2)10-15(12-27-16-7-5-4-6-8-16)18(14)28-19(17)21(22,23)24;1-4-10-16(11-5-1)19(17-12-6-2-7-13-17)18-14-8-3-9-15-18/h4-11,19H,3,12H2,1-2H3;1-15H. The Hall–Kier alpha value is -4.87. The first-order valence-corrected chi connectivity index (χ1v) is 16.5. The van der Waals surface area contributed by atoms with Crippen LogP contribution in [0.1, 0.15) is 23.6 Å². The molecule has 5 aromatic rings. The molecule has 0 N–H and O–H groups in total. The molecule has 4 nitrogen and oxygen atoms in total. The van der Waals surface area contributed by atoms with Crippen molar-refractivity contribution in [1.29, 1.82) is 0 Å². The summed E-state index contributed by atoms with van der Waals surface area (Å²) in [6, 6.07) is 44.6. The number of benzene rings is 5. The van der Waals surface area contributed by atoms with Crippen LogP contribution in [-0.2, 0) is 16.1 Å². The van der Waals surface area contributed by atoms with Crippen molar-refractivity contribution in [3.8, 4) is 11.5 Å². The highest BCUT2D eigenvalue weighted by atomic mass is 31.1. The van der Waals surface area contributed by atoms with Gasteiger partial charge in [-0.1, -0.05) is 109 Å². The van der Waals surface area contributed by atoms with Gasteiger partial charge in [0.15, 0.2) is 0 Å². The van der Waals surface area contributed by atoms with E-state index in [9.17, 15) is 18.0 Å². The van der Waals surface area contributed by atoms with Crippen molar-refractivity contribution in [2.75, 3.05) is 6.61 Å². The fraction of sp³-hybridized carbons (Fsp3) is 0.154. The molecule has 1 heterocycles. The SMILES string of the molecule is CCOC(=O)C1=Cc2cc(C)cc(COc3ccccc3)c2OC1C(F)(F)F.c1ccc(P(c2ccccc2)c2ccccc2)cc1. The van der Waals surface area contributed by atoms with Crippen LogP contribution in [0, 0.1) is 6.92 Å². The summed E-state index contributed by atoms with van der Waals surface area (Å²) in [7, 11) is -0.446. The molecular weight excluding hydrogens is 620 g/mol. The second kappa shape index (κ2) is 15.6. The van der Waals surface area contributed by atoms with Crippen LogP contribution in [0.5, 0.6) is 11.5 Å². The molecule has 47 heavy (non-hydrogen) atoms. The number of carbonyl (C=O) groups is 1. The molecule has 8 heteroatoms. The van der Waals surface area contributed by atoms with E-state index in [2.05, 4.69) is 91.0 Å². The molecule has 6 rings (SSSR count). The van der Waals surface area contributed by atoms with Crippen molar-refractivity contribution >= 4 is 35.9 Å². The molecule has 5 aromatic carbocycles. The van der Waals surface area contributed by atoms with Gasteiger partial charge in [-0.3, -0.25) is 0 Å². The molecule has 1 atom stereocenters. The van der Waals surface area contributed by atoms with Gasteiger partial charge in [0.2, 0.25) is 6.10 Å². The zero-order valence-corrected chi connectivity index (χ0v) is 26.9. The number of aryl methyl sites for hydroxylation is 1. The molecule has 1 aliphatic heterocycles. The summed E-state index contributed by atoms with van der Waals surface area (Å²) in [5, 5.41) is 4.19. The second-order valence-electron chi connectivity index (χ2n) is 10.6. The van der Waals surface area contributed by atoms with Gasteiger partial charge in [-0.15, -0.1) is 0 Å². The number of rotatable bonds is 8. The quantitative estimate of drug-likeness (QED) is 0.125. The molecule has 0 amide bonds. The summed E-state index contributed by atoms with van der Waals surface area (Å²) < 4.78 is 56.4. The first kappa shape index (κ1) is 33.5. The average molecular weight is 655 g/mol. The molecule has 1 aliphatic rings. The van der Waals surface area contributed by atoms with E-state index in [0.717, 1.165) is 5.56 Å². The Morgan fingerprint density at radius 3 is 1.72 bits per heavy atom. The third-order valence-electron chi connectivity index (χ3n) is 7.16. The van der Waals surface area contributed by atoms with Crippen molar-refractivity contribution in [3.63, 3.8) is 0 Å². The van der Waals surface area contributed by atoms with Crippen molar-refractivity contribution in [2.24, 2.45) is 0 Å². The second-order valence-corrected chi connectivity index (χ2v) is 12.9. The Labute approximate surface area is 274 Å². The van der Waals surface area contributed by atoms with Gasteiger partial charge in [0.1, 0.15) is 18.1 Å². The van der Waals surface area contributed by atoms with Gasteiger partial charge < -0.3 is 14.2 Å². The zero-order valence-electron chi connectivity index (χ0n) is 26.0. The van der Waals surface area contributed by atoms with Gasteiger partial charge in [-0.05, 0) is 73.6 Å².